The lowest BCUT2D eigenvalue weighted by atomic mass is 10.2. The number of hydrogen-bond acceptors (Lipinski definition) is 5. The Morgan fingerprint density at radius 2 is 1.43 bits per heavy atom. The zero-order valence-corrected chi connectivity index (χ0v) is 15.2. The Balaban J connectivity index is 0.000000568. The standard InChI is InChI=1S/C15H20F3N3O.C2H2O4/c1-2-20-7-9-21(10-8-20)11-14(22)19-13-5-3-12(4-6-13)15(16,17)18;3-1(4)2(5)6/h3-6H,2,7-11H2,1H3,(H,19,22);(H,3,4)(H,5,6). The van der Waals surface area contributed by atoms with Crippen LogP contribution >= 0.6 is 0 Å². The third-order valence-corrected chi connectivity index (χ3v) is 3.96. The number of nitrogens with one attached hydrogen (secondary N) is 1. The summed E-state index contributed by atoms with van der Waals surface area (Å²) in [5.41, 5.74) is -0.341. The van der Waals surface area contributed by atoms with Crippen molar-refractivity contribution in [2.24, 2.45) is 0 Å². The molecule has 2 rings (SSSR count). The number of alkyl halides is 3. The van der Waals surface area contributed by atoms with Crippen molar-refractivity contribution in [3.8, 4) is 0 Å². The summed E-state index contributed by atoms with van der Waals surface area (Å²) in [7, 11) is 0. The van der Waals surface area contributed by atoms with Crippen LogP contribution in [0.5, 0.6) is 0 Å². The Labute approximate surface area is 159 Å². The van der Waals surface area contributed by atoms with E-state index in [1.807, 2.05) is 4.90 Å². The van der Waals surface area contributed by atoms with Gasteiger partial charge in [0, 0.05) is 31.9 Å². The van der Waals surface area contributed by atoms with Crippen LogP contribution in [0.3, 0.4) is 0 Å². The number of carbonyl (C=O) groups is 3. The molecule has 1 saturated heterocycles. The fourth-order valence-electron chi connectivity index (χ4n) is 2.41. The van der Waals surface area contributed by atoms with Crippen LogP contribution in [0.25, 0.3) is 0 Å². The fourth-order valence-corrected chi connectivity index (χ4v) is 2.41. The third-order valence-electron chi connectivity index (χ3n) is 3.96. The highest BCUT2D eigenvalue weighted by Crippen LogP contribution is 2.29. The minimum absolute atomic E-state index is 0.204. The summed E-state index contributed by atoms with van der Waals surface area (Å²) in [6.07, 6.45) is -4.36. The molecular weight excluding hydrogens is 383 g/mol. The van der Waals surface area contributed by atoms with Gasteiger partial charge in [-0.25, -0.2) is 9.59 Å². The summed E-state index contributed by atoms with van der Waals surface area (Å²) < 4.78 is 37.4. The molecule has 156 valence electrons. The highest BCUT2D eigenvalue weighted by Gasteiger charge is 2.30. The Morgan fingerprint density at radius 1 is 0.964 bits per heavy atom. The molecule has 11 heteroatoms. The number of hydrogen-bond donors (Lipinski definition) is 3. The molecule has 1 heterocycles. The van der Waals surface area contributed by atoms with Gasteiger partial charge in [0.25, 0.3) is 0 Å². The molecule has 0 aliphatic carbocycles. The van der Waals surface area contributed by atoms with Crippen molar-refractivity contribution >= 4 is 23.5 Å². The van der Waals surface area contributed by atoms with Crippen molar-refractivity contribution in [1.82, 2.24) is 9.80 Å². The van der Waals surface area contributed by atoms with Gasteiger partial charge in [-0.1, -0.05) is 6.92 Å². The van der Waals surface area contributed by atoms with Crippen LogP contribution in [-0.2, 0) is 20.6 Å². The molecule has 1 aliphatic heterocycles. The minimum atomic E-state index is -4.36. The van der Waals surface area contributed by atoms with Gasteiger partial charge in [0.15, 0.2) is 0 Å². The third kappa shape index (κ3) is 8.35. The van der Waals surface area contributed by atoms with Gasteiger partial charge in [0.05, 0.1) is 12.1 Å². The van der Waals surface area contributed by atoms with Crippen LogP contribution in [0.15, 0.2) is 24.3 Å². The number of carboxylic acids is 2. The van der Waals surface area contributed by atoms with E-state index in [2.05, 4.69) is 17.1 Å². The van der Waals surface area contributed by atoms with Crippen LogP contribution in [0.1, 0.15) is 12.5 Å². The van der Waals surface area contributed by atoms with Gasteiger partial charge in [-0.05, 0) is 30.8 Å². The average Bonchev–Trinajstić information content (AvgIpc) is 2.62. The highest BCUT2D eigenvalue weighted by molar-refractivity contribution is 6.27. The molecule has 0 unspecified atom stereocenters. The first-order valence-corrected chi connectivity index (χ1v) is 8.41. The Kier molecular flexibility index (Phi) is 8.86. The lowest BCUT2D eigenvalue weighted by molar-refractivity contribution is -0.159. The normalized spacial score (nSPS) is 15.3. The first kappa shape index (κ1) is 23.4. The fraction of sp³-hybridized carbons (Fsp3) is 0.471. The number of aliphatic carboxylic acids is 2. The van der Waals surface area contributed by atoms with E-state index in [4.69, 9.17) is 19.8 Å². The number of amides is 1. The number of halogens is 3. The van der Waals surface area contributed by atoms with E-state index in [0.717, 1.165) is 44.9 Å². The van der Waals surface area contributed by atoms with Gasteiger partial charge in [-0.3, -0.25) is 9.69 Å². The van der Waals surface area contributed by atoms with Crippen molar-refractivity contribution in [3.63, 3.8) is 0 Å². The van der Waals surface area contributed by atoms with Gasteiger partial charge in [0.1, 0.15) is 0 Å². The summed E-state index contributed by atoms with van der Waals surface area (Å²) in [5.74, 6) is -3.85. The van der Waals surface area contributed by atoms with E-state index in [1.54, 1.807) is 0 Å². The molecule has 0 radical (unpaired) electrons. The average molecular weight is 405 g/mol. The Hall–Kier alpha value is -2.66. The zero-order chi connectivity index (χ0) is 21.3. The number of anilines is 1. The molecule has 0 aromatic heterocycles. The van der Waals surface area contributed by atoms with Crippen LogP contribution in [0.4, 0.5) is 18.9 Å². The number of nitrogens with zero attached hydrogens (tertiary/aromatic N) is 2. The van der Waals surface area contributed by atoms with Gasteiger partial charge in [-0.15, -0.1) is 0 Å². The maximum atomic E-state index is 12.5. The number of rotatable bonds is 4. The molecule has 8 nitrogen and oxygen atoms in total. The van der Waals surface area contributed by atoms with Gasteiger partial charge < -0.3 is 20.4 Å². The Bertz CT molecular complexity index is 660. The topological polar surface area (TPSA) is 110 Å². The maximum absolute atomic E-state index is 12.5. The molecular formula is C17H22F3N3O5. The molecule has 0 atom stereocenters. The molecule has 1 amide bonds. The van der Waals surface area contributed by atoms with Crippen LogP contribution < -0.4 is 5.32 Å². The molecule has 28 heavy (non-hydrogen) atoms. The molecule has 1 fully saturated rings. The number of carbonyl (C=O) groups excluding carboxylic acids is 1. The number of benzene rings is 1. The van der Waals surface area contributed by atoms with E-state index < -0.39 is 23.7 Å². The van der Waals surface area contributed by atoms with Crippen molar-refractivity contribution < 1.29 is 37.8 Å². The van der Waals surface area contributed by atoms with Crippen molar-refractivity contribution in [2.75, 3.05) is 44.6 Å². The second kappa shape index (κ2) is 10.6. The van der Waals surface area contributed by atoms with E-state index in [0.29, 0.717) is 5.69 Å². The minimum Gasteiger partial charge on any atom is -0.473 e. The summed E-state index contributed by atoms with van der Waals surface area (Å²) in [6, 6.07) is 4.48. The number of carboxylic acid groups (broad SMARTS) is 2. The second-order valence-corrected chi connectivity index (χ2v) is 5.94. The summed E-state index contributed by atoms with van der Waals surface area (Å²) in [5, 5.41) is 17.4. The molecule has 1 aromatic rings. The van der Waals surface area contributed by atoms with Crippen LogP contribution in [0.2, 0.25) is 0 Å². The first-order valence-electron chi connectivity index (χ1n) is 8.41. The van der Waals surface area contributed by atoms with Crippen molar-refractivity contribution in [2.45, 2.75) is 13.1 Å². The molecule has 0 bridgehead atoms. The van der Waals surface area contributed by atoms with Gasteiger partial charge in [0.2, 0.25) is 5.91 Å². The predicted octanol–water partition coefficient (Wildman–Crippen LogP) is 1.44. The largest absolute Gasteiger partial charge is 0.473 e. The SMILES string of the molecule is CCN1CCN(CC(=O)Nc2ccc(C(F)(F)F)cc2)CC1.O=C(O)C(=O)O. The summed E-state index contributed by atoms with van der Waals surface area (Å²) >= 11 is 0. The number of likely N-dealkylation sites (N-methyl/N-ethyl adjacent to an activating group) is 1. The first-order chi connectivity index (χ1) is 13.0. The lowest BCUT2D eigenvalue weighted by Gasteiger charge is -2.33. The van der Waals surface area contributed by atoms with E-state index in [9.17, 15) is 18.0 Å². The van der Waals surface area contributed by atoms with Crippen LogP contribution in [0, 0.1) is 0 Å². The molecule has 3 N–H and O–H groups in total. The Morgan fingerprint density at radius 3 is 1.82 bits per heavy atom. The number of piperazine rings is 1. The smallest absolute Gasteiger partial charge is 0.416 e. The monoisotopic (exact) mass is 405 g/mol. The maximum Gasteiger partial charge on any atom is 0.416 e. The van der Waals surface area contributed by atoms with Gasteiger partial charge in [-0.2, -0.15) is 13.2 Å². The van der Waals surface area contributed by atoms with E-state index in [1.165, 1.54) is 12.1 Å². The van der Waals surface area contributed by atoms with E-state index >= 15 is 0 Å². The van der Waals surface area contributed by atoms with E-state index in [-0.39, 0.29) is 12.5 Å². The quantitative estimate of drug-likeness (QED) is 0.650. The summed E-state index contributed by atoms with van der Waals surface area (Å²) in [4.78, 5) is 34.5. The van der Waals surface area contributed by atoms with Gasteiger partial charge >= 0.3 is 18.1 Å². The molecule has 1 aromatic carbocycles. The molecule has 0 spiro atoms. The highest BCUT2D eigenvalue weighted by atomic mass is 19.4. The van der Waals surface area contributed by atoms with Crippen LogP contribution in [-0.4, -0.2) is 77.1 Å². The van der Waals surface area contributed by atoms with Crippen molar-refractivity contribution in [3.05, 3.63) is 29.8 Å². The zero-order valence-electron chi connectivity index (χ0n) is 15.2. The molecule has 1 aliphatic rings. The summed E-state index contributed by atoms with van der Waals surface area (Å²) in [6.45, 7) is 6.90. The predicted molar refractivity (Wildman–Crippen MR) is 93.9 cm³/mol. The molecule has 0 saturated carbocycles. The second-order valence-electron chi connectivity index (χ2n) is 5.94. The van der Waals surface area contributed by atoms with Crippen molar-refractivity contribution in [1.29, 1.82) is 0 Å². The lowest BCUT2D eigenvalue weighted by Crippen LogP contribution is -2.48.